The Morgan fingerprint density at radius 3 is 2.32 bits per heavy atom. The summed E-state index contributed by atoms with van der Waals surface area (Å²) in [7, 11) is 0. The Hall–Kier alpha value is -3.84. The summed E-state index contributed by atoms with van der Waals surface area (Å²) in [5.41, 5.74) is 6.43. The van der Waals surface area contributed by atoms with E-state index in [1.54, 1.807) is 4.90 Å². The molecule has 3 aromatic carbocycles. The van der Waals surface area contributed by atoms with Gasteiger partial charge < -0.3 is 5.32 Å². The maximum atomic E-state index is 14.0. The predicted molar refractivity (Wildman–Crippen MR) is 153 cm³/mol. The van der Waals surface area contributed by atoms with Crippen molar-refractivity contribution in [2.24, 2.45) is 0 Å². The van der Waals surface area contributed by atoms with Crippen LogP contribution in [0.3, 0.4) is 0 Å². The van der Waals surface area contributed by atoms with Crippen LogP contribution in [0.5, 0.6) is 0 Å². The summed E-state index contributed by atoms with van der Waals surface area (Å²) in [6.07, 6.45) is 0. The summed E-state index contributed by atoms with van der Waals surface area (Å²) >= 11 is 1.43. The Bertz CT molecular complexity index is 1440. The Labute approximate surface area is 228 Å². The molecule has 1 unspecified atom stereocenters. The molecule has 0 radical (unpaired) electrons. The third-order valence-corrected chi connectivity index (χ3v) is 7.93. The number of carbonyl (C=O) groups excluding carboxylic acids is 2. The average molecular weight is 525 g/mol. The number of anilines is 1. The number of para-hydroxylation sites is 1. The lowest BCUT2D eigenvalue weighted by Gasteiger charge is -2.30. The fourth-order valence-electron chi connectivity index (χ4n) is 4.74. The van der Waals surface area contributed by atoms with Crippen LogP contribution in [0.1, 0.15) is 53.8 Å². The summed E-state index contributed by atoms with van der Waals surface area (Å²) in [5, 5.41) is 8.76. The van der Waals surface area contributed by atoms with Crippen molar-refractivity contribution in [3.63, 3.8) is 0 Å². The van der Waals surface area contributed by atoms with Gasteiger partial charge in [0.2, 0.25) is 11.8 Å². The molecule has 7 heteroatoms. The summed E-state index contributed by atoms with van der Waals surface area (Å²) in [4.78, 5) is 29.3. The molecule has 0 fully saturated rings. The van der Waals surface area contributed by atoms with Crippen molar-refractivity contribution >= 4 is 29.3 Å². The highest BCUT2D eigenvalue weighted by molar-refractivity contribution is 8.00. The number of aromatic nitrogens is 2. The van der Waals surface area contributed by atoms with E-state index in [0.717, 1.165) is 33.1 Å². The SMILES string of the molecule is Cc1ccc(CNC(=O)C2c3c(C)nn(-c4ccccc4)c3SCC(=O)N2c2ccc(C(C)C)cc2)cc1. The maximum Gasteiger partial charge on any atom is 0.248 e. The zero-order valence-electron chi connectivity index (χ0n) is 22.1. The predicted octanol–water partition coefficient (Wildman–Crippen LogP) is 6.11. The monoisotopic (exact) mass is 524 g/mol. The van der Waals surface area contributed by atoms with Crippen LogP contribution in [0, 0.1) is 13.8 Å². The van der Waals surface area contributed by atoms with Crippen LogP contribution in [0.4, 0.5) is 5.69 Å². The van der Waals surface area contributed by atoms with Crippen molar-refractivity contribution in [2.75, 3.05) is 10.7 Å². The molecule has 1 aliphatic heterocycles. The molecule has 5 rings (SSSR count). The van der Waals surface area contributed by atoms with Crippen LogP contribution in [-0.2, 0) is 16.1 Å². The van der Waals surface area contributed by atoms with Gasteiger partial charge in [0.15, 0.2) is 0 Å². The maximum absolute atomic E-state index is 14.0. The standard InChI is InChI=1S/C31H32N4O2S/c1-20(2)24-14-16-25(17-15-24)34-27(36)19-38-31-28(22(4)33-35(31)26-8-6-5-7-9-26)29(34)30(37)32-18-23-12-10-21(3)11-13-23/h5-17,20,29H,18-19H2,1-4H3,(H,32,37). The molecular formula is C31H32N4O2S. The van der Waals surface area contributed by atoms with Crippen molar-refractivity contribution in [3.8, 4) is 5.69 Å². The number of thioether (sulfide) groups is 1. The van der Waals surface area contributed by atoms with E-state index in [1.807, 2.05) is 97.4 Å². The molecule has 1 N–H and O–H groups in total. The fourth-order valence-corrected chi connectivity index (χ4v) is 5.82. The second-order valence-electron chi connectivity index (χ2n) is 9.96. The molecule has 4 aromatic rings. The lowest BCUT2D eigenvalue weighted by Crippen LogP contribution is -2.44. The Kier molecular flexibility index (Phi) is 7.38. The highest BCUT2D eigenvalue weighted by atomic mass is 32.2. The molecule has 0 bridgehead atoms. The van der Waals surface area contributed by atoms with E-state index < -0.39 is 6.04 Å². The number of hydrogen-bond donors (Lipinski definition) is 1. The van der Waals surface area contributed by atoms with E-state index in [-0.39, 0.29) is 17.6 Å². The number of rotatable bonds is 6. The Balaban J connectivity index is 1.59. The highest BCUT2D eigenvalue weighted by Gasteiger charge is 2.40. The van der Waals surface area contributed by atoms with Crippen molar-refractivity contribution in [3.05, 3.63) is 107 Å². The largest absolute Gasteiger partial charge is 0.350 e. The van der Waals surface area contributed by atoms with Gasteiger partial charge in [0, 0.05) is 17.8 Å². The molecule has 0 spiro atoms. The first-order chi connectivity index (χ1) is 18.3. The van der Waals surface area contributed by atoms with Crippen molar-refractivity contribution in [1.82, 2.24) is 15.1 Å². The number of aryl methyl sites for hydroxylation is 2. The first-order valence-corrected chi connectivity index (χ1v) is 13.8. The zero-order chi connectivity index (χ0) is 26.8. The van der Waals surface area contributed by atoms with Crippen LogP contribution in [0.15, 0.2) is 83.9 Å². The number of hydrogen-bond acceptors (Lipinski definition) is 4. The molecule has 1 atom stereocenters. The molecule has 0 saturated carbocycles. The molecule has 1 aromatic heterocycles. The first-order valence-electron chi connectivity index (χ1n) is 12.9. The van der Waals surface area contributed by atoms with Gasteiger partial charge in [-0.2, -0.15) is 5.10 Å². The van der Waals surface area contributed by atoms with E-state index in [1.165, 1.54) is 17.3 Å². The molecule has 2 heterocycles. The second-order valence-corrected chi connectivity index (χ2v) is 10.9. The third-order valence-electron chi connectivity index (χ3n) is 6.87. The minimum atomic E-state index is -0.847. The summed E-state index contributed by atoms with van der Waals surface area (Å²) in [6, 6.07) is 25.0. The molecule has 38 heavy (non-hydrogen) atoms. The van der Waals surface area contributed by atoms with Crippen molar-refractivity contribution in [2.45, 2.75) is 51.2 Å². The van der Waals surface area contributed by atoms with Gasteiger partial charge in [-0.05, 0) is 55.2 Å². The topological polar surface area (TPSA) is 67.2 Å². The zero-order valence-corrected chi connectivity index (χ0v) is 23.0. The van der Waals surface area contributed by atoms with E-state index in [2.05, 4.69) is 19.2 Å². The molecule has 0 aliphatic carbocycles. The van der Waals surface area contributed by atoms with Gasteiger partial charge >= 0.3 is 0 Å². The molecule has 1 aliphatic rings. The molecule has 0 saturated heterocycles. The lowest BCUT2D eigenvalue weighted by molar-refractivity contribution is -0.126. The second kappa shape index (κ2) is 10.9. The molecule has 194 valence electrons. The quantitative estimate of drug-likeness (QED) is 0.331. The minimum absolute atomic E-state index is 0.113. The number of amides is 2. The summed E-state index contributed by atoms with van der Waals surface area (Å²) in [6.45, 7) is 8.59. The van der Waals surface area contributed by atoms with Crippen LogP contribution in [0.2, 0.25) is 0 Å². The summed E-state index contributed by atoms with van der Waals surface area (Å²) < 4.78 is 1.86. The van der Waals surface area contributed by atoms with Gasteiger partial charge in [-0.3, -0.25) is 14.5 Å². The number of nitrogens with one attached hydrogen (secondary N) is 1. The number of benzene rings is 3. The van der Waals surface area contributed by atoms with Gasteiger partial charge in [0.1, 0.15) is 11.1 Å². The molecule has 6 nitrogen and oxygen atoms in total. The lowest BCUT2D eigenvalue weighted by atomic mass is 10.0. The van der Waals surface area contributed by atoms with Crippen molar-refractivity contribution < 1.29 is 9.59 Å². The normalized spacial score (nSPS) is 15.3. The smallest absolute Gasteiger partial charge is 0.248 e. The van der Waals surface area contributed by atoms with E-state index in [0.29, 0.717) is 18.2 Å². The fraction of sp³-hybridized carbons (Fsp3) is 0.258. The Morgan fingerprint density at radius 1 is 0.974 bits per heavy atom. The van der Waals surface area contributed by atoms with Gasteiger partial charge in [-0.15, -0.1) is 0 Å². The number of fused-ring (bicyclic) bond motifs is 1. The highest BCUT2D eigenvalue weighted by Crippen LogP contribution is 2.41. The first kappa shape index (κ1) is 25.8. The van der Waals surface area contributed by atoms with Gasteiger partial charge in [0.05, 0.1) is 17.1 Å². The minimum Gasteiger partial charge on any atom is -0.350 e. The summed E-state index contributed by atoms with van der Waals surface area (Å²) in [5.74, 6) is 0.230. The van der Waals surface area contributed by atoms with E-state index in [4.69, 9.17) is 5.10 Å². The van der Waals surface area contributed by atoms with Gasteiger partial charge in [-0.25, -0.2) is 4.68 Å². The van der Waals surface area contributed by atoms with E-state index in [9.17, 15) is 9.59 Å². The van der Waals surface area contributed by atoms with Gasteiger partial charge in [0.25, 0.3) is 0 Å². The third kappa shape index (κ3) is 5.11. The number of nitrogens with zero attached hydrogens (tertiary/aromatic N) is 3. The van der Waals surface area contributed by atoms with Crippen LogP contribution >= 0.6 is 11.8 Å². The van der Waals surface area contributed by atoms with Crippen LogP contribution in [-0.4, -0.2) is 27.3 Å². The average Bonchev–Trinajstić information content (AvgIpc) is 3.16. The molecular weight excluding hydrogens is 492 g/mol. The van der Waals surface area contributed by atoms with Crippen LogP contribution < -0.4 is 10.2 Å². The Morgan fingerprint density at radius 2 is 1.66 bits per heavy atom. The van der Waals surface area contributed by atoms with Gasteiger partial charge in [-0.1, -0.05) is 85.8 Å². The molecule has 2 amide bonds. The van der Waals surface area contributed by atoms with Crippen molar-refractivity contribution in [1.29, 1.82) is 0 Å². The van der Waals surface area contributed by atoms with E-state index >= 15 is 0 Å². The number of carbonyl (C=O) groups is 2. The van der Waals surface area contributed by atoms with Crippen LogP contribution in [0.25, 0.3) is 5.69 Å².